The highest BCUT2D eigenvalue weighted by atomic mass is 16.5. The number of amides is 3. The lowest BCUT2D eigenvalue weighted by Crippen LogP contribution is -2.44. The maximum absolute atomic E-state index is 13.4. The summed E-state index contributed by atoms with van der Waals surface area (Å²) in [6.45, 7) is 2.66. The average molecular weight is 707 g/mol. The molecule has 0 aliphatic carbocycles. The van der Waals surface area contributed by atoms with E-state index in [1.54, 1.807) is 49.6 Å². The van der Waals surface area contributed by atoms with Crippen molar-refractivity contribution >= 4 is 29.1 Å². The molecule has 5 rings (SSSR count). The van der Waals surface area contributed by atoms with Crippen LogP contribution in [0.1, 0.15) is 70.4 Å². The Labute approximate surface area is 307 Å². The molecule has 1 heterocycles. The van der Waals surface area contributed by atoms with Gasteiger partial charge < -0.3 is 34.6 Å². The van der Waals surface area contributed by atoms with E-state index in [9.17, 15) is 14.4 Å². The van der Waals surface area contributed by atoms with E-state index < -0.39 is 0 Å². The summed E-state index contributed by atoms with van der Waals surface area (Å²) in [4.78, 5) is 43.8. The molecular weight excluding hydrogens is 656 g/mol. The monoisotopic (exact) mass is 706 g/mol. The minimum atomic E-state index is -0.337. The van der Waals surface area contributed by atoms with Gasteiger partial charge in [-0.25, -0.2) is 0 Å². The number of para-hydroxylation sites is 3. The van der Waals surface area contributed by atoms with Gasteiger partial charge in [0, 0.05) is 49.5 Å². The molecule has 3 amide bonds. The molecule has 0 unspecified atom stereocenters. The van der Waals surface area contributed by atoms with E-state index in [-0.39, 0.29) is 24.3 Å². The van der Waals surface area contributed by atoms with Crippen molar-refractivity contribution in [3.8, 4) is 11.5 Å². The fourth-order valence-electron chi connectivity index (χ4n) is 6.25. The first kappa shape index (κ1) is 38.1. The lowest BCUT2D eigenvalue weighted by atomic mass is 10.0. The molecule has 1 fully saturated rings. The number of likely N-dealkylation sites (tertiary alicyclic amines) is 1. The summed E-state index contributed by atoms with van der Waals surface area (Å²) in [5, 5.41) is 5.94. The van der Waals surface area contributed by atoms with Gasteiger partial charge in [0.1, 0.15) is 18.1 Å². The molecule has 1 aliphatic rings. The van der Waals surface area contributed by atoms with Gasteiger partial charge >= 0.3 is 0 Å². The maximum Gasteiger partial charge on any atom is 0.259 e. The second-order valence-corrected chi connectivity index (χ2v) is 13.2. The van der Waals surface area contributed by atoms with Crippen molar-refractivity contribution < 1.29 is 28.6 Å². The van der Waals surface area contributed by atoms with Crippen LogP contribution in [0.5, 0.6) is 11.5 Å². The molecule has 4 aromatic rings. The zero-order valence-electron chi connectivity index (χ0n) is 30.4. The van der Waals surface area contributed by atoms with Crippen molar-refractivity contribution in [3.05, 3.63) is 119 Å². The normalized spacial score (nSPS) is 13.1. The van der Waals surface area contributed by atoms with Gasteiger partial charge in [0.2, 0.25) is 5.91 Å². The van der Waals surface area contributed by atoms with Crippen LogP contribution in [0.3, 0.4) is 0 Å². The largest absolute Gasteiger partial charge is 0.491 e. The number of hydrogen-bond acceptors (Lipinski definition) is 7. The van der Waals surface area contributed by atoms with E-state index in [1.807, 2.05) is 59.5 Å². The number of carbonyl (C=O) groups excluding carboxylic acids is 3. The number of piperidine rings is 1. The third-order valence-corrected chi connectivity index (χ3v) is 9.26. The Morgan fingerprint density at radius 2 is 1.42 bits per heavy atom. The Morgan fingerprint density at radius 3 is 2.17 bits per heavy atom. The van der Waals surface area contributed by atoms with Gasteiger partial charge in [0.05, 0.1) is 24.5 Å². The number of rotatable bonds is 17. The first-order valence-electron chi connectivity index (χ1n) is 18.0. The SMILES string of the molecule is COCc1cc(C(=O)Nc2ccccc2OCCCCCC(=O)N2CCC(N(C)C)CC2)ccc1NC(=O)c1ccccc1OCc1ccccc1. The van der Waals surface area contributed by atoms with E-state index in [0.717, 1.165) is 50.8 Å². The highest BCUT2D eigenvalue weighted by Crippen LogP contribution is 2.27. The van der Waals surface area contributed by atoms with Gasteiger partial charge in [-0.3, -0.25) is 14.4 Å². The lowest BCUT2D eigenvalue weighted by Gasteiger charge is -2.35. The van der Waals surface area contributed by atoms with Crippen LogP contribution in [-0.2, 0) is 22.7 Å². The molecule has 0 saturated carbocycles. The number of methoxy groups -OCH3 is 1. The van der Waals surface area contributed by atoms with E-state index in [0.29, 0.717) is 65.2 Å². The third kappa shape index (κ3) is 10.9. The quantitative estimate of drug-likeness (QED) is 0.110. The molecule has 0 atom stereocenters. The summed E-state index contributed by atoms with van der Waals surface area (Å²) in [5.41, 5.74) is 3.52. The van der Waals surface area contributed by atoms with Crippen molar-refractivity contribution in [3.63, 3.8) is 0 Å². The van der Waals surface area contributed by atoms with Crippen molar-refractivity contribution in [1.29, 1.82) is 0 Å². The highest BCUT2D eigenvalue weighted by Gasteiger charge is 2.23. The van der Waals surface area contributed by atoms with Crippen LogP contribution in [0.4, 0.5) is 11.4 Å². The number of nitrogens with one attached hydrogen (secondary N) is 2. The van der Waals surface area contributed by atoms with Crippen LogP contribution in [0.15, 0.2) is 97.1 Å². The smallest absolute Gasteiger partial charge is 0.259 e. The van der Waals surface area contributed by atoms with Crippen LogP contribution in [0.25, 0.3) is 0 Å². The molecule has 274 valence electrons. The second kappa shape index (κ2) is 19.4. The van der Waals surface area contributed by atoms with Crippen LogP contribution in [0, 0.1) is 0 Å². The number of nitrogens with zero attached hydrogens (tertiary/aromatic N) is 2. The Hall–Kier alpha value is -5.19. The average Bonchev–Trinajstić information content (AvgIpc) is 3.17. The number of ether oxygens (including phenoxy) is 3. The summed E-state index contributed by atoms with van der Waals surface area (Å²) in [5.74, 6) is 0.625. The van der Waals surface area contributed by atoms with Crippen molar-refractivity contribution in [2.45, 2.75) is 57.8 Å². The molecule has 0 radical (unpaired) electrons. The zero-order valence-corrected chi connectivity index (χ0v) is 30.4. The van der Waals surface area contributed by atoms with Crippen LogP contribution >= 0.6 is 0 Å². The van der Waals surface area contributed by atoms with Crippen LogP contribution < -0.4 is 20.1 Å². The Kier molecular flexibility index (Phi) is 14.2. The molecule has 1 aliphatic heterocycles. The fourth-order valence-corrected chi connectivity index (χ4v) is 6.25. The van der Waals surface area contributed by atoms with E-state index in [2.05, 4.69) is 29.6 Å². The van der Waals surface area contributed by atoms with Gasteiger partial charge in [0.25, 0.3) is 11.8 Å². The molecule has 0 spiro atoms. The predicted molar refractivity (Wildman–Crippen MR) is 204 cm³/mol. The minimum absolute atomic E-state index is 0.184. The molecule has 10 nitrogen and oxygen atoms in total. The Bertz CT molecular complexity index is 1770. The maximum atomic E-state index is 13.4. The first-order valence-corrected chi connectivity index (χ1v) is 18.0. The Balaban J connectivity index is 1.12. The molecular formula is C42H50N4O6. The van der Waals surface area contributed by atoms with E-state index in [4.69, 9.17) is 14.2 Å². The van der Waals surface area contributed by atoms with Crippen LogP contribution in [0.2, 0.25) is 0 Å². The highest BCUT2D eigenvalue weighted by molar-refractivity contribution is 6.08. The number of unbranched alkanes of at least 4 members (excludes halogenated alkanes) is 2. The van der Waals surface area contributed by atoms with E-state index in [1.165, 1.54) is 0 Å². The number of anilines is 2. The first-order chi connectivity index (χ1) is 25.3. The van der Waals surface area contributed by atoms with Gasteiger partial charge in [-0.1, -0.05) is 54.6 Å². The summed E-state index contributed by atoms with van der Waals surface area (Å²) in [7, 11) is 5.76. The summed E-state index contributed by atoms with van der Waals surface area (Å²) < 4.78 is 17.5. The van der Waals surface area contributed by atoms with Crippen molar-refractivity contribution in [2.24, 2.45) is 0 Å². The molecule has 0 bridgehead atoms. The lowest BCUT2D eigenvalue weighted by molar-refractivity contribution is -0.132. The summed E-state index contributed by atoms with van der Waals surface area (Å²) >= 11 is 0. The van der Waals surface area contributed by atoms with E-state index >= 15 is 0 Å². The van der Waals surface area contributed by atoms with Gasteiger partial charge in [-0.2, -0.15) is 0 Å². The standard InChI is InChI=1S/C42H50N4O6/c1-45(2)34-23-25-46(26-24-34)40(47)20-8-5-13-27-51-39-19-12-10-17-37(39)44-41(48)32-21-22-36(33(28-32)30-50-3)43-42(49)35-16-9-11-18-38(35)52-29-31-14-6-4-7-15-31/h4,6-7,9-12,14-19,21-22,28,34H,5,8,13,20,23-27,29-30H2,1-3H3,(H,43,49)(H,44,48). The molecule has 0 aromatic heterocycles. The second-order valence-electron chi connectivity index (χ2n) is 13.2. The van der Waals surface area contributed by atoms with Crippen LogP contribution in [-0.4, -0.2) is 74.5 Å². The number of hydrogen-bond donors (Lipinski definition) is 2. The van der Waals surface area contributed by atoms with Gasteiger partial charge in [-0.05, 0) is 94.2 Å². The Morgan fingerprint density at radius 1 is 0.731 bits per heavy atom. The van der Waals surface area contributed by atoms with Gasteiger partial charge in [0.15, 0.2) is 0 Å². The summed E-state index contributed by atoms with van der Waals surface area (Å²) in [6, 6.07) is 29.8. The minimum Gasteiger partial charge on any atom is -0.491 e. The fraction of sp³-hybridized carbons (Fsp3) is 0.357. The summed E-state index contributed by atoms with van der Waals surface area (Å²) in [6.07, 6.45) is 5.12. The number of carbonyl (C=O) groups is 3. The predicted octanol–water partition coefficient (Wildman–Crippen LogP) is 7.41. The molecule has 2 N–H and O–H groups in total. The molecule has 4 aromatic carbocycles. The third-order valence-electron chi connectivity index (χ3n) is 9.26. The van der Waals surface area contributed by atoms with Gasteiger partial charge in [-0.15, -0.1) is 0 Å². The van der Waals surface area contributed by atoms with Crippen molar-refractivity contribution in [1.82, 2.24) is 9.80 Å². The topological polar surface area (TPSA) is 109 Å². The zero-order chi connectivity index (χ0) is 36.7. The molecule has 1 saturated heterocycles. The number of benzene rings is 4. The van der Waals surface area contributed by atoms with Crippen molar-refractivity contribution in [2.75, 3.05) is 51.5 Å². The molecule has 52 heavy (non-hydrogen) atoms. The molecule has 10 heteroatoms.